The summed E-state index contributed by atoms with van der Waals surface area (Å²) in [6.45, 7) is 0.580. The summed E-state index contributed by atoms with van der Waals surface area (Å²) >= 11 is 3.41. The van der Waals surface area contributed by atoms with E-state index in [1.807, 2.05) is 48.5 Å². The van der Waals surface area contributed by atoms with Crippen LogP contribution < -0.4 is 5.32 Å². The van der Waals surface area contributed by atoms with Gasteiger partial charge < -0.3 is 9.73 Å². The molecule has 1 N–H and O–H groups in total. The monoisotopic (exact) mass is 395 g/mol. The Hall–Kier alpha value is -2.86. The molecule has 0 saturated carbocycles. The predicted octanol–water partition coefficient (Wildman–Crippen LogP) is 4.69. The summed E-state index contributed by atoms with van der Waals surface area (Å²) in [5, 5.41) is 8.01. The van der Waals surface area contributed by atoms with E-state index in [9.17, 15) is 4.79 Å². The number of amides is 1. The Balaban J connectivity index is 1.55. The van der Waals surface area contributed by atoms with E-state index >= 15 is 0 Å². The average Bonchev–Trinajstić information content (AvgIpc) is 3.22. The second-order valence-electron chi connectivity index (χ2n) is 5.61. The first-order chi connectivity index (χ1) is 12.2. The fraction of sp³-hybridized carbons (Fsp3) is 0.0526. The van der Waals surface area contributed by atoms with Crippen LogP contribution in [0.5, 0.6) is 0 Å². The minimum atomic E-state index is -0.304. The van der Waals surface area contributed by atoms with Crippen molar-refractivity contribution in [1.82, 2.24) is 9.78 Å². The van der Waals surface area contributed by atoms with E-state index in [1.165, 1.54) is 0 Å². The summed E-state index contributed by atoms with van der Waals surface area (Å²) in [6.07, 6.45) is 1.66. The Kier molecular flexibility index (Phi) is 4.11. The molecule has 0 atom stereocenters. The Morgan fingerprint density at radius 1 is 1.12 bits per heavy atom. The zero-order valence-corrected chi connectivity index (χ0v) is 14.7. The molecule has 6 heteroatoms. The van der Waals surface area contributed by atoms with Crippen LogP contribution in [-0.4, -0.2) is 15.7 Å². The summed E-state index contributed by atoms with van der Waals surface area (Å²) in [5.41, 5.74) is 1.78. The maximum atomic E-state index is 12.5. The molecule has 0 aliphatic heterocycles. The molecule has 5 nitrogen and oxygen atoms in total. The number of nitrogens with zero attached hydrogens (tertiary/aromatic N) is 2. The largest absolute Gasteiger partial charge is 0.451 e. The van der Waals surface area contributed by atoms with Gasteiger partial charge in [-0.3, -0.25) is 4.79 Å². The van der Waals surface area contributed by atoms with Crippen molar-refractivity contribution in [3.8, 4) is 0 Å². The molecule has 25 heavy (non-hydrogen) atoms. The molecular formula is C19H14BrN3O2. The van der Waals surface area contributed by atoms with Gasteiger partial charge in [-0.05, 0) is 29.8 Å². The number of carbonyl (C=O) groups is 1. The van der Waals surface area contributed by atoms with Gasteiger partial charge in [-0.1, -0.05) is 46.3 Å². The minimum absolute atomic E-state index is 0.264. The highest BCUT2D eigenvalue weighted by atomic mass is 79.9. The molecule has 2 heterocycles. The molecule has 1 amide bonds. The van der Waals surface area contributed by atoms with Crippen LogP contribution in [0.1, 0.15) is 16.1 Å². The second kappa shape index (κ2) is 6.57. The van der Waals surface area contributed by atoms with Crippen molar-refractivity contribution in [2.24, 2.45) is 0 Å². The van der Waals surface area contributed by atoms with Gasteiger partial charge in [-0.15, -0.1) is 0 Å². The lowest BCUT2D eigenvalue weighted by molar-refractivity contribution is 0.0997. The molecule has 124 valence electrons. The lowest BCUT2D eigenvalue weighted by Crippen LogP contribution is -2.15. The minimum Gasteiger partial charge on any atom is -0.451 e. The van der Waals surface area contributed by atoms with E-state index < -0.39 is 0 Å². The number of fused-ring (bicyclic) bond motifs is 1. The molecule has 0 aliphatic rings. The van der Waals surface area contributed by atoms with Crippen molar-refractivity contribution < 1.29 is 9.21 Å². The Labute approximate surface area is 152 Å². The van der Waals surface area contributed by atoms with E-state index in [-0.39, 0.29) is 11.7 Å². The average molecular weight is 396 g/mol. The number of aromatic nitrogens is 2. The van der Waals surface area contributed by atoms with Crippen LogP contribution in [0.2, 0.25) is 0 Å². The number of benzene rings is 2. The normalized spacial score (nSPS) is 10.9. The molecule has 0 aliphatic carbocycles. The zero-order valence-electron chi connectivity index (χ0n) is 13.1. The van der Waals surface area contributed by atoms with Crippen LogP contribution >= 0.6 is 15.9 Å². The van der Waals surface area contributed by atoms with Gasteiger partial charge in [0, 0.05) is 15.9 Å². The number of furan rings is 1. The number of hydrogen-bond donors (Lipinski definition) is 1. The van der Waals surface area contributed by atoms with E-state index in [0.29, 0.717) is 17.9 Å². The highest BCUT2D eigenvalue weighted by molar-refractivity contribution is 9.10. The third-order valence-corrected chi connectivity index (χ3v) is 4.33. The Bertz CT molecular complexity index is 1040. The molecule has 0 fully saturated rings. The van der Waals surface area contributed by atoms with Crippen molar-refractivity contribution in [1.29, 1.82) is 0 Å². The molecule has 2 aromatic carbocycles. The summed E-state index contributed by atoms with van der Waals surface area (Å²) in [5.74, 6) is 0.582. The first kappa shape index (κ1) is 15.7. The molecule has 4 rings (SSSR count). The highest BCUT2D eigenvalue weighted by Gasteiger charge is 2.15. The summed E-state index contributed by atoms with van der Waals surface area (Å²) in [6, 6.07) is 19.1. The van der Waals surface area contributed by atoms with Crippen molar-refractivity contribution >= 4 is 38.6 Å². The number of carbonyl (C=O) groups excluding carboxylic acids is 1. The molecule has 0 bridgehead atoms. The first-order valence-electron chi connectivity index (χ1n) is 7.75. The van der Waals surface area contributed by atoms with Crippen LogP contribution in [0.15, 0.2) is 75.8 Å². The third kappa shape index (κ3) is 3.34. The van der Waals surface area contributed by atoms with E-state index in [1.54, 1.807) is 23.0 Å². The van der Waals surface area contributed by atoms with Crippen molar-refractivity contribution in [3.05, 3.63) is 82.7 Å². The number of nitrogens with one attached hydrogen (secondary N) is 1. The van der Waals surface area contributed by atoms with E-state index in [4.69, 9.17) is 4.42 Å². The van der Waals surface area contributed by atoms with Crippen LogP contribution in [0.3, 0.4) is 0 Å². The highest BCUT2D eigenvalue weighted by Crippen LogP contribution is 2.24. The topological polar surface area (TPSA) is 60.1 Å². The van der Waals surface area contributed by atoms with E-state index in [0.717, 1.165) is 15.4 Å². The number of rotatable bonds is 4. The summed E-state index contributed by atoms with van der Waals surface area (Å²) in [4.78, 5) is 12.5. The van der Waals surface area contributed by atoms with Gasteiger partial charge in [0.1, 0.15) is 11.4 Å². The third-order valence-electron chi connectivity index (χ3n) is 3.84. The fourth-order valence-electron chi connectivity index (χ4n) is 2.63. The van der Waals surface area contributed by atoms with Gasteiger partial charge in [0.25, 0.3) is 5.91 Å². The quantitative estimate of drug-likeness (QED) is 0.544. The lowest BCUT2D eigenvalue weighted by Gasteiger charge is -2.08. The van der Waals surface area contributed by atoms with Crippen molar-refractivity contribution in [2.75, 3.05) is 5.32 Å². The maximum Gasteiger partial charge on any atom is 0.292 e. The summed E-state index contributed by atoms with van der Waals surface area (Å²) < 4.78 is 8.31. The molecule has 4 aromatic rings. The van der Waals surface area contributed by atoms with Crippen molar-refractivity contribution in [3.63, 3.8) is 0 Å². The number of hydrogen-bond acceptors (Lipinski definition) is 3. The smallest absolute Gasteiger partial charge is 0.292 e. The Morgan fingerprint density at radius 2 is 1.96 bits per heavy atom. The van der Waals surface area contributed by atoms with Gasteiger partial charge >= 0.3 is 0 Å². The first-order valence-corrected chi connectivity index (χ1v) is 8.54. The number of anilines is 1. The number of halogens is 1. The lowest BCUT2D eigenvalue weighted by atomic mass is 10.2. The fourth-order valence-corrected chi connectivity index (χ4v) is 3.00. The molecule has 0 saturated heterocycles. The van der Waals surface area contributed by atoms with E-state index in [2.05, 4.69) is 26.3 Å². The van der Waals surface area contributed by atoms with Crippen molar-refractivity contribution in [2.45, 2.75) is 6.54 Å². The molecular weight excluding hydrogens is 382 g/mol. The van der Waals surface area contributed by atoms with Gasteiger partial charge in [-0.25, -0.2) is 4.68 Å². The van der Waals surface area contributed by atoms with Crippen LogP contribution in [0, 0.1) is 0 Å². The molecule has 0 unspecified atom stereocenters. The maximum absolute atomic E-state index is 12.5. The molecule has 0 spiro atoms. The van der Waals surface area contributed by atoms with Gasteiger partial charge in [-0.2, -0.15) is 5.10 Å². The predicted molar refractivity (Wildman–Crippen MR) is 99.6 cm³/mol. The molecule has 2 aromatic heterocycles. The van der Waals surface area contributed by atoms with Crippen LogP contribution in [0.25, 0.3) is 11.0 Å². The van der Waals surface area contributed by atoms with Gasteiger partial charge in [0.05, 0.1) is 12.7 Å². The second-order valence-corrected chi connectivity index (χ2v) is 6.52. The zero-order chi connectivity index (χ0) is 17.2. The van der Waals surface area contributed by atoms with Gasteiger partial charge in [0.2, 0.25) is 0 Å². The standard InChI is InChI=1S/C19H14BrN3O2/c20-15-6-7-16-14(10-15)11-17(25-16)19(24)22-18-8-9-21-23(18)12-13-4-2-1-3-5-13/h1-11H,12H2,(H,22,24). The Morgan fingerprint density at radius 3 is 2.80 bits per heavy atom. The van der Waals surface area contributed by atoms with Gasteiger partial charge in [0.15, 0.2) is 5.76 Å². The summed E-state index contributed by atoms with van der Waals surface area (Å²) in [7, 11) is 0. The SMILES string of the molecule is O=C(Nc1ccnn1Cc1ccccc1)c1cc2cc(Br)ccc2o1. The molecule has 0 radical (unpaired) electrons. The van der Waals surface area contributed by atoms with Crippen LogP contribution in [-0.2, 0) is 6.54 Å². The van der Waals surface area contributed by atoms with Crippen LogP contribution in [0.4, 0.5) is 5.82 Å².